The molecule has 0 amide bonds. The molecule has 2 unspecified atom stereocenters. The van der Waals surface area contributed by atoms with E-state index in [-0.39, 0.29) is 11.5 Å². The average molecular weight is 184 g/mol. The fourth-order valence-electron chi connectivity index (χ4n) is 1.71. The molecule has 76 valence electrons. The molecule has 2 nitrogen and oxygen atoms in total. The van der Waals surface area contributed by atoms with Gasteiger partial charge in [-0.1, -0.05) is 27.2 Å². The summed E-state index contributed by atoms with van der Waals surface area (Å²) in [7, 11) is 0. The van der Waals surface area contributed by atoms with Gasteiger partial charge < -0.3 is 4.74 Å². The molecule has 1 aliphatic carbocycles. The Labute approximate surface area is 80.7 Å². The Hall–Kier alpha value is -0.370. The molecular formula is C11H20O2. The predicted octanol–water partition coefficient (Wildman–Crippen LogP) is 2.56. The van der Waals surface area contributed by atoms with Crippen LogP contribution >= 0.6 is 0 Å². The third-order valence-electron chi connectivity index (χ3n) is 2.99. The molecule has 1 rings (SSSR count). The van der Waals surface area contributed by atoms with Crippen LogP contribution in [0.5, 0.6) is 0 Å². The van der Waals surface area contributed by atoms with E-state index in [0.717, 1.165) is 12.8 Å². The first-order valence-corrected chi connectivity index (χ1v) is 5.17. The lowest BCUT2D eigenvalue weighted by Crippen LogP contribution is -2.52. The minimum Gasteiger partial charge on any atom is -0.374 e. The van der Waals surface area contributed by atoms with E-state index >= 15 is 0 Å². The summed E-state index contributed by atoms with van der Waals surface area (Å²) in [6.45, 7) is 8.18. The summed E-state index contributed by atoms with van der Waals surface area (Å²) in [4.78, 5) is 11.2. The second-order valence-electron chi connectivity index (χ2n) is 4.57. The fraction of sp³-hybridized carbons (Fsp3) is 0.909. The number of ether oxygens (including phenoxy) is 1. The van der Waals surface area contributed by atoms with Gasteiger partial charge in [-0.2, -0.15) is 0 Å². The van der Waals surface area contributed by atoms with Gasteiger partial charge in [0.2, 0.25) is 0 Å². The number of hydrogen-bond donors (Lipinski definition) is 0. The van der Waals surface area contributed by atoms with Crippen LogP contribution in [0.25, 0.3) is 0 Å². The molecule has 0 spiro atoms. The fourth-order valence-corrected chi connectivity index (χ4v) is 1.71. The highest BCUT2D eigenvalue weighted by Gasteiger charge is 2.48. The highest BCUT2D eigenvalue weighted by molar-refractivity contribution is 5.91. The number of carbonyl (C=O) groups excluding carboxylic acids is 1. The van der Waals surface area contributed by atoms with Gasteiger partial charge in [0.15, 0.2) is 0 Å². The summed E-state index contributed by atoms with van der Waals surface area (Å²) in [6, 6.07) is 0. The highest BCUT2D eigenvalue weighted by Crippen LogP contribution is 2.39. The topological polar surface area (TPSA) is 26.3 Å². The van der Waals surface area contributed by atoms with Gasteiger partial charge in [0.1, 0.15) is 5.78 Å². The van der Waals surface area contributed by atoms with E-state index < -0.39 is 0 Å². The van der Waals surface area contributed by atoms with Gasteiger partial charge in [0.25, 0.3) is 0 Å². The Kier molecular flexibility index (Phi) is 3.12. The van der Waals surface area contributed by atoms with Gasteiger partial charge in [0, 0.05) is 6.42 Å². The molecule has 0 radical (unpaired) electrons. The number of hydrogen-bond acceptors (Lipinski definition) is 2. The normalized spacial score (nSPS) is 28.3. The van der Waals surface area contributed by atoms with Crippen molar-refractivity contribution >= 4 is 5.78 Å². The van der Waals surface area contributed by atoms with Gasteiger partial charge in [0.05, 0.1) is 17.6 Å². The van der Waals surface area contributed by atoms with Crippen LogP contribution in [-0.2, 0) is 9.53 Å². The van der Waals surface area contributed by atoms with Crippen LogP contribution in [0.2, 0.25) is 0 Å². The smallest absolute Gasteiger partial charge is 0.143 e. The van der Waals surface area contributed by atoms with Crippen LogP contribution in [0, 0.1) is 5.41 Å². The van der Waals surface area contributed by atoms with E-state index in [0.29, 0.717) is 18.3 Å². The van der Waals surface area contributed by atoms with Crippen LogP contribution in [0.4, 0.5) is 0 Å². The van der Waals surface area contributed by atoms with Gasteiger partial charge in [-0.05, 0) is 13.3 Å². The molecule has 0 aromatic rings. The lowest BCUT2D eigenvalue weighted by molar-refractivity contribution is -0.165. The van der Waals surface area contributed by atoms with Crippen molar-refractivity contribution in [2.24, 2.45) is 5.41 Å². The Morgan fingerprint density at radius 2 is 2.23 bits per heavy atom. The summed E-state index contributed by atoms with van der Waals surface area (Å²) in [5, 5.41) is 0. The van der Waals surface area contributed by atoms with E-state index in [1.807, 2.05) is 13.8 Å². The largest absolute Gasteiger partial charge is 0.374 e. The van der Waals surface area contributed by atoms with Crippen molar-refractivity contribution in [2.45, 2.75) is 59.2 Å². The summed E-state index contributed by atoms with van der Waals surface area (Å²) < 4.78 is 5.79. The van der Waals surface area contributed by atoms with Crippen LogP contribution < -0.4 is 0 Å². The summed E-state index contributed by atoms with van der Waals surface area (Å²) in [5.74, 6) is 0.334. The van der Waals surface area contributed by atoms with Crippen molar-refractivity contribution < 1.29 is 9.53 Å². The van der Waals surface area contributed by atoms with Crippen molar-refractivity contribution in [3.05, 3.63) is 0 Å². The summed E-state index contributed by atoms with van der Waals surface area (Å²) >= 11 is 0. The maximum atomic E-state index is 11.2. The van der Waals surface area contributed by atoms with E-state index in [1.54, 1.807) is 0 Å². The van der Waals surface area contributed by atoms with E-state index in [9.17, 15) is 4.79 Å². The molecule has 1 fully saturated rings. The monoisotopic (exact) mass is 184 g/mol. The number of carbonyl (C=O) groups is 1. The number of Topliss-reactive ketones (excluding diaryl/α,β-unsaturated/α-hetero) is 1. The molecule has 0 bridgehead atoms. The molecular weight excluding hydrogens is 164 g/mol. The lowest BCUT2D eigenvalue weighted by Gasteiger charge is -2.43. The zero-order valence-electron chi connectivity index (χ0n) is 9.09. The Balaban J connectivity index is 2.35. The van der Waals surface area contributed by atoms with Crippen LogP contribution in [0.15, 0.2) is 0 Å². The molecule has 0 aromatic heterocycles. The molecule has 1 saturated carbocycles. The Bertz CT molecular complexity index is 196. The molecule has 1 aliphatic rings. The van der Waals surface area contributed by atoms with Crippen molar-refractivity contribution in [1.82, 2.24) is 0 Å². The van der Waals surface area contributed by atoms with Crippen LogP contribution in [0.1, 0.15) is 47.0 Å². The SMILES string of the molecule is CCCC(C)OC1CC(=O)C1(C)C. The molecule has 13 heavy (non-hydrogen) atoms. The van der Waals surface area contributed by atoms with Crippen LogP contribution in [0.3, 0.4) is 0 Å². The standard InChI is InChI=1S/C11H20O2/c1-5-6-8(2)13-10-7-9(12)11(10,3)4/h8,10H,5-7H2,1-4H3. The molecule has 0 N–H and O–H groups in total. The molecule has 0 heterocycles. The van der Waals surface area contributed by atoms with Crippen molar-refractivity contribution in [3.63, 3.8) is 0 Å². The average Bonchev–Trinajstić information content (AvgIpc) is 2.04. The first kappa shape index (κ1) is 10.7. The first-order chi connectivity index (χ1) is 5.98. The number of rotatable bonds is 4. The van der Waals surface area contributed by atoms with Crippen molar-refractivity contribution in [3.8, 4) is 0 Å². The maximum Gasteiger partial charge on any atom is 0.143 e. The molecule has 2 atom stereocenters. The Morgan fingerprint density at radius 1 is 1.62 bits per heavy atom. The molecule has 0 aromatic carbocycles. The second-order valence-corrected chi connectivity index (χ2v) is 4.57. The summed E-state index contributed by atoms with van der Waals surface area (Å²) in [6.07, 6.45) is 3.29. The first-order valence-electron chi connectivity index (χ1n) is 5.17. The maximum absolute atomic E-state index is 11.2. The van der Waals surface area contributed by atoms with Crippen LogP contribution in [-0.4, -0.2) is 18.0 Å². The highest BCUT2D eigenvalue weighted by atomic mass is 16.5. The third kappa shape index (κ3) is 2.11. The van der Waals surface area contributed by atoms with E-state index in [4.69, 9.17) is 4.74 Å². The quantitative estimate of drug-likeness (QED) is 0.671. The predicted molar refractivity (Wildman–Crippen MR) is 52.6 cm³/mol. The lowest BCUT2D eigenvalue weighted by atomic mass is 9.68. The zero-order chi connectivity index (χ0) is 10.1. The summed E-state index contributed by atoms with van der Waals surface area (Å²) in [5.41, 5.74) is -0.234. The van der Waals surface area contributed by atoms with Gasteiger partial charge in [-0.15, -0.1) is 0 Å². The minimum absolute atomic E-state index is 0.154. The third-order valence-corrected chi connectivity index (χ3v) is 2.99. The minimum atomic E-state index is -0.234. The van der Waals surface area contributed by atoms with E-state index in [1.165, 1.54) is 0 Å². The Morgan fingerprint density at radius 3 is 2.62 bits per heavy atom. The van der Waals surface area contributed by atoms with Crippen molar-refractivity contribution in [2.75, 3.05) is 0 Å². The van der Waals surface area contributed by atoms with Crippen molar-refractivity contribution in [1.29, 1.82) is 0 Å². The van der Waals surface area contributed by atoms with E-state index in [2.05, 4.69) is 13.8 Å². The van der Waals surface area contributed by atoms with Gasteiger partial charge in [-0.3, -0.25) is 4.79 Å². The second kappa shape index (κ2) is 3.79. The molecule has 0 saturated heterocycles. The molecule has 2 heteroatoms. The molecule has 0 aliphatic heterocycles. The zero-order valence-corrected chi connectivity index (χ0v) is 9.09. The van der Waals surface area contributed by atoms with Gasteiger partial charge in [-0.25, -0.2) is 0 Å². The number of ketones is 1. The van der Waals surface area contributed by atoms with Gasteiger partial charge >= 0.3 is 0 Å².